The number of nitrogens with one attached hydrogen (secondary N) is 1. The van der Waals surface area contributed by atoms with Crippen LogP contribution in [0.1, 0.15) is 45.9 Å². The van der Waals surface area contributed by atoms with Gasteiger partial charge in [0, 0.05) is 28.3 Å². The van der Waals surface area contributed by atoms with E-state index in [4.69, 9.17) is 23.8 Å². The van der Waals surface area contributed by atoms with E-state index in [1.165, 1.54) is 11.1 Å². The number of rotatable bonds is 4. The molecular formula is C28H27ClN4OS. The van der Waals surface area contributed by atoms with Crippen LogP contribution in [0.25, 0.3) is 5.69 Å². The molecule has 0 bridgehead atoms. The van der Waals surface area contributed by atoms with Gasteiger partial charge < -0.3 is 19.9 Å². The summed E-state index contributed by atoms with van der Waals surface area (Å²) in [7, 11) is 0. The maximum absolute atomic E-state index is 10.6. The first-order valence-corrected chi connectivity index (χ1v) is 12.3. The predicted octanol–water partition coefficient (Wildman–Crippen LogP) is 6.64. The topological polar surface area (TPSA) is 53.3 Å². The van der Waals surface area contributed by atoms with Crippen LogP contribution in [0.4, 0.5) is 5.69 Å². The number of phenolic OH excluding ortho intramolecular Hbond substituents is 1. The van der Waals surface area contributed by atoms with Crippen LogP contribution in [0, 0.1) is 27.7 Å². The highest BCUT2D eigenvalue weighted by atomic mass is 35.5. The average molecular weight is 503 g/mol. The maximum atomic E-state index is 10.6. The number of thiocarbonyl (C=S) groups is 1. The molecule has 5 nitrogen and oxygen atoms in total. The Kier molecular flexibility index (Phi) is 6.03. The van der Waals surface area contributed by atoms with E-state index < -0.39 is 0 Å². The molecule has 2 atom stereocenters. The van der Waals surface area contributed by atoms with E-state index >= 15 is 0 Å². The molecule has 5 rings (SSSR count). The Balaban J connectivity index is 1.72. The molecule has 2 aromatic carbocycles. The third kappa shape index (κ3) is 4.17. The molecule has 0 unspecified atom stereocenters. The van der Waals surface area contributed by atoms with Crippen LogP contribution in [0.15, 0.2) is 66.9 Å². The fourth-order valence-corrected chi connectivity index (χ4v) is 5.68. The first-order valence-electron chi connectivity index (χ1n) is 11.5. The minimum Gasteiger partial charge on any atom is -0.506 e. The molecule has 0 radical (unpaired) electrons. The van der Waals surface area contributed by atoms with Crippen LogP contribution < -0.4 is 10.2 Å². The number of halogens is 1. The summed E-state index contributed by atoms with van der Waals surface area (Å²) >= 11 is 12.2. The summed E-state index contributed by atoms with van der Waals surface area (Å²) in [5.74, 6) is 0.176. The van der Waals surface area contributed by atoms with Crippen LogP contribution in [0.3, 0.4) is 0 Å². The number of anilines is 1. The quantitative estimate of drug-likeness (QED) is 0.306. The van der Waals surface area contributed by atoms with Gasteiger partial charge in [0.25, 0.3) is 0 Å². The van der Waals surface area contributed by atoms with E-state index in [2.05, 4.69) is 60.2 Å². The molecule has 1 fully saturated rings. The number of aromatic hydroxyl groups is 1. The molecule has 1 saturated heterocycles. The van der Waals surface area contributed by atoms with Gasteiger partial charge in [-0.2, -0.15) is 0 Å². The van der Waals surface area contributed by atoms with Crippen LogP contribution >= 0.6 is 23.8 Å². The van der Waals surface area contributed by atoms with Crippen molar-refractivity contribution in [2.75, 3.05) is 4.90 Å². The molecule has 1 aliphatic heterocycles. The van der Waals surface area contributed by atoms with Crippen molar-refractivity contribution >= 4 is 34.6 Å². The van der Waals surface area contributed by atoms with Crippen molar-refractivity contribution < 1.29 is 5.11 Å². The average Bonchev–Trinajstić information content (AvgIpc) is 3.30. The molecule has 2 aromatic heterocycles. The third-order valence-electron chi connectivity index (χ3n) is 6.55. The summed E-state index contributed by atoms with van der Waals surface area (Å²) in [6.07, 6.45) is 1.81. The van der Waals surface area contributed by atoms with Crippen LogP contribution in [-0.2, 0) is 0 Å². The standard InChI is InChI=1S/C28H27ClN4OS/c1-16-11-17(2)13-21(12-16)33-27(26(31-28(33)35)23-7-5-6-10-30-23)22-14-18(3)32(19(22)4)24-15-20(29)8-9-25(24)34/h5-15,26-27,34H,1-4H3,(H,31,35)/t26-,27-/m0/s1. The lowest BCUT2D eigenvalue weighted by Gasteiger charge is -2.29. The molecule has 7 heteroatoms. The monoisotopic (exact) mass is 502 g/mol. The van der Waals surface area contributed by atoms with Crippen LogP contribution in [-0.4, -0.2) is 19.8 Å². The van der Waals surface area contributed by atoms with Gasteiger partial charge in [-0.15, -0.1) is 0 Å². The van der Waals surface area contributed by atoms with Crippen molar-refractivity contribution in [3.05, 3.63) is 106 Å². The fraction of sp³-hybridized carbons (Fsp3) is 0.214. The van der Waals surface area contributed by atoms with Crippen LogP contribution in [0.5, 0.6) is 5.75 Å². The van der Waals surface area contributed by atoms with Gasteiger partial charge in [0.15, 0.2) is 5.11 Å². The van der Waals surface area contributed by atoms with Crippen molar-refractivity contribution in [2.24, 2.45) is 0 Å². The van der Waals surface area contributed by atoms with E-state index in [9.17, 15) is 5.11 Å². The zero-order valence-electron chi connectivity index (χ0n) is 20.1. The Morgan fingerprint density at radius 1 is 0.971 bits per heavy atom. The second-order valence-corrected chi connectivity index (χ2v) is 9.96. The van der Waals surface area contributed by atoms with Gasteiger partial charge in [0.2, 0.25) is 0 Å². The summed E-state index contributed by atoms with van der Waals surface area (Å²) in [5.41, 5.74) is 8.07. The number of nitrogens with zero attached hydrogens (tertiary/aromatic N) is 3. The highest BCUT2D eigenvalue weighted by Crippen LogP contribution is 2.44. The number of phenols is 1. The largest absolute Gasteiger partial charge is 0.506 e. The van der Waals surface area contributed by atoms with Gasteiger partial charge in [-0.25, -0.2) is 0 Å². The normalized spacial score (nSPS) is 17.6. The molecule has 4 aromatic rings. The van der Waals surface area contributed by atoms with Gasteiger partial charge in [-0.3, -0.25) is 4.98 Å². The van der Waals surface area contributed by atoms with E-state index in [1.54, 1.807) is 18.2 Å². The molecule has 35 heavy (non-hydrogen) atoms. The minimum absolute atomic E-state index is 0.139. The molecule has 178 valence electrons. The van der Waals surface area contributed by atoms with Crippen molar-refractivity contribution in [1.29, 1.82) is 0 Å². The Hall–Kier alpha value is -3.35. The molecule has 0 amide bonds. The molecule has 0 aliphatic carbocycles. The summed E-state index contributed by atoms with van der Waals surface area (Å²) in [4.78, 5) is 6.86. The lowest BCUT2D eigenvalue weighted by atomic mass is 9.96. The lowest BCUT2D eigenvalue weighted by molar-refractivity contribution is 0.471. The first-order chi connectivity index (χ1) is 16.7. The first kappa shape index (κ1) is 23.4. The Bertz CT molecular complexity index is 1410. The molecule has 0 saturated carbocycles. The van der Waals surface area contributed by atoms with Crippen molar-refractivity contribution in [3.63, 3.8) is 0 Å². The third-order valence-corrected chi connectivity index (χ3v) is 7.10. The van der Waals surface area contributed by atoms with E-state index in [-0.39, 0.29) is 17.8 Å². The SMILES string of the molecule is Cc1cc(C)cc(N2C(=S)N[C@@H](c3ccccn3)[C@@H]2c2cc(C)n(-c3cc(Cl)ccc3O)c2C)c1. The summed E-state index contributed by atoms with van der Waals surface area (Å²) in [6.45, 7) is 8.30. The molecule has 0 spiro atoms. The Morgan fingerprint density at radius 3 is 2.40 bits per heavy atom. The molecule has 1 aliphatic rings. The highest BCUT2D eigenvalue weighted by Gasteiger charge is 2.42. The van der Waals surface area contributed by atoms with Crippen LogP contribution in [0.2, 0.25) is 5.02 Å². The van der Waals surface area contributed by atoms with Gasteiger partial charge in [-0.05, 0) is 105 Å². The minimum atomic E-state index is -0.147. The van der Waals surface area contributed by atoms with Gasteiger partial charge in [0.05, 0.1) is 23.5 Å². The molecule has 2 N–H and O–H groups in total. The summed E-state index contributed by atoms with van der Waals surface area (Å²) < 4.78 is 2.05. The smallest absolute Gasteiger partial charge is 0.174 e. The van der Waals surface area contributed by atoms with E-state index in [1.807, 2.05) is 35.9 Å². The molecule has 3 heterocycles. The number of benzene rings is 2. The fourth-order valence-electron chi connectivity index (χ4n) is 5.17. The lowest BCUT2D eigenvalue weighted by Crippen LogP contribution is -2.29. The van der Waals surface area contributed by atoms with Gasteiger partial charge in [-0.1, -0.05) is 23.7 Å². The second kappa shape index (κ2) is 9.02. The van der Waals surface area contributed by atoms with Crippen molar-refractivity contribution in [2.45, 2.75) is 39.8 Å². The zero-order chi connectivity index (χ0) is 24.9. The molecular weight excluding hydrogens is 476 g/mol. The van der Waals surface area contributed by atoms with Gasteiger partial charge >= 0.3 is 0 Å². The highest BCUT2D eigenvalue weighted by molar-refractivity contribution is 7.80. The van der Waals surface area contributed by atoms with Crippen molar-refractivity contribution in [3.8, 4) is 11.4 Å². The number of aryl methyl sites for hydroxylation is 3. The number of aromatic nitrogens is 2. The van der Waals surface area contributed by atoms with E-state index in [0.717, 1.165) is 28.3 Å². The summed E-state index contributed by atoms with van der Waals surface area (Å²) in [6, 6.07) is 19.4. The maximum Gasteiger partial charge on any atom is 0.174 e. The zero-order valence-corrected chi connectivity index (χ0v) is 21.7. The number of hydrogen-bond acceptors (Lipinski definition) is 3. The van der Waals surface area contributed by atoms with Gasteiger partial charge in [0.1, 0.15) is 5.75 Å². The van der Waals surface area contributed by atoms with Crippen molar-refractivity contribution in [1.82, 2.24) is 14.9 Å². The number of hydrogen-bond donors (Lipinski definition) is 2. The second-order valence-electron chi connectivity index (χ2n) is 9.14. The predicted molar refractivity (Wildman–Crippen MR) is 146 cm³/mol. The van der Waals surface area contributed by atoms with E-state index in [0.29, 0.717) is 15.8 Å². The summed E-state index contributed by atoms with van der Waals surface area (Å²) in [5, 5.41) is 15.4. The Morgan fingerprint density at radius 2 is 1.71 bits per heavy atom. The number of pyridine rings is 1. The Labute approximate surface area is 216 Å².